The minimum absolute atomic E-state index is 0.0583. The maximum absolute atomic E-state index is 13.1. The molecule has 4 aromatic rings. The first-order valence-electron chi connectivity index (χ1n) is 10.5. The fraction of sp³-hybridized carbons (Fsp3) is 0.240. The zero-order chi connectivity index (χ0) is 21.4. The summed E-state index contributed by atoms with van der Waals surface area (Å²) in [4.78, 5) is 17.1. The lowest BCUT2D eigenvalue weighted by atomic mass is 9.74. The molecule has 0 saturated carbocycles. The summed E-state index contributed by atoms with van der Waals surface area (Å²) >= 11 is 0. The molecule has 6 heteroatoms. The van der Waals surface area contributed by atoms with Gasteiger partial charge in [0.15, 0.2) is 0 Å². The number of carbonyl (C=O) groups excluding carboxylic acids is 1. The number of aromatic nitrogens is 4. The molecule has 31 heavy (non-hydrogen) atoms. The van der Waals surface area contributed by atoms with Crippen molar-refractivity contribution in [1.82, 2.24) is 24.6 Å². The van der Waals surface area contributed by atoms with E-state index in [1.807, 2.05) is 64.1 Å². The Kier molecular flexibility index (Phi) is 4.70. The molecule has 1 aliphatic carbocycles. The average molecular weight is 412 g/mol. The molecule has 2 heterocycles. The molecule has 1 atom stereocenters. The SMILES string of the molecule is CC1(C)Cc2c(cnn2-c2ccccc2)[C@@H](NC(=O)c2ccc(-n3ccnc3)cc2)C1. The van der Waals surface area contributed by atoms with Gasteiger partial charge in [-0.25, -0.2) is 9.67 Å². The van der Waals surface area contributed by atoms with E-state index in [9.17, 15) is 4.79 Å². The molecule has 2 aromatic carbocycles. The Balaban J connectivity index is 1.41. The van der Waals surface area contributed by atoms with Crippen LogP contribution in [0.3, 0.4) is 0 Å². The molecular formula is C25H25N5O. The molecule has 6 nitrogen and oxygen atoms in total. The molecule has 0 radical (unpaired) electrons. The standard InChI is InChI=1S/C25H25N5O/c1-25(2)14-22(21-16-27-30(23(21)15-25)20-6-4-3-5-7-20)28-24(31)18-8-10-19(11-9-18)29-13-12-26-17-29/h3-13,16-17,22H,14-15H2,1-2H3,(H,28,31)/t22-/m0/s1. The van der Waals surface area contributed by atoms with Gasteiger partial charge in [0.2, 0.25) is 0 Å². The van der Waals surface area contributed by atoms with Crippen molar-refractivity contribution in [3.8, 4) is 11.4 Å². The summed E-state index contributed by atoms with van der Waals surface area (Å²) < 4.78 is 3.92. The first kappa shape index (κ1) is 19.3. The molecule has 1 N–H and O–H groups in total. The summed E-state index contributed by atoms with van der Waals surface area (Å²) in [5.41, 5.74) is 4.99. The normalized spacial score (nSPS) is 17.2. The van der Waals surface area contributed by atoms with Crippen LogP contribution in [0.1, 0.15) is 47.9 Å². The Morgan fingerprint density at radius 3 is 2.55 bits per heavy atom. The van der Waals surface area contributed by atoms with Gasteiger partial charge in [0.25, 0.3) is 5.91 Å². The third kappa shape index (κ3) is 3.77. The predicted molar refractivity (Wildman–Crippen MR) is 119 cm³/mol. The lowest BCUT2D eigenvalue weighted by Gasteiger charge is -2.36. The summed E-state index contributed by atoms with van der Waals surface area (Å²) in [6.07, 6.45) is 9.06. The third-order valence-electron chi connectivity index (χ3n) is 5.92. The summed E-state index contributed by atoms with van der Waals surface area (Å²) in [7, 11) is 0. The minimum Gasteiger partial charge on any atom is -0.345 e. The van der Waals surface area contributed by atoms with Gasteiger partial charge in [-0.05, 0) is 54.7 Å². The highest BCUT2D eigenvalue weighted by Crippen LogP contribution is 2.41. The maximum Gasteiger partial charge on any atom is 0.251 e. The fourth-order valence-electron chi connectivity index (χ4n) is 4.40. The van der Waals surface area contributed by atoms with Gasteiger partial charge >= 0.3 is 0 Å². The van der Waals surface area contributed by atoms with Crippen LogP contribution >= 0.6 is 0 Å². The van der Waals surface area contributed by atoms with Crippen molar-refractivity contribution in [2.24, 2.45) is 5.41 Å². The van der Waals surface area contributed by atoms with Crippen molar-refractivity contribution < 1.29 is 4.79 Å². The molecule has 156 valence electrons. The quantitative estimate of drug-likeness (QED) is 0.538. The number of imidazole rings is 1. The van der Waals surface area contributed by atoms with Crippen LogP contribution in [0.4, 0.5) is 0 Å². The number of benzene rings is 2. The van der Waals surface area contributed by atoms with E-state index in [2.05, 4.69) is 41.4 Å². The molecule has 1 amide bonds. The van der Waals surface area contributed by atoms with Gasteiger partial charge in [-0.1, -0.05) is 32.0 Å². The molecule has 0 saturated heterocycles. The molecule has 0 unspecified atom stereocenters. The zero-order valence-electron chi connectivity index (χ0n) is 17.7. The smallest absolute Gasteiger partial charge is 0.251 e. The first-order chi connectivity index (χ1) is 15.0. The van der Waals surface area contributed by atoms with Gasteiger partial charge in [-0.3, -0.25) is 4.79 Å². The predicted octanol–water partition coefficient (Wildman–Crippen LogP) is 4.50. The number of carbonyl (C=O) groups is 1. The van der Waals surface area contributed by atoms with E-state index in [1.54, 1.807) is 12.5 Å². The second-order valence-electron chi connectivity index (χ2n) is 8.88. The molecule has 0 bridgehead atoms. The van der Waals surface area contributed by atoms with Crippen LogP contribution in [0.15, 0.2) is 79.5 Å². The van der Waals surface area contributed by atoms with Crippen molar-refractivity contribution in [2.75, 3.05) is 0 Å². The second kappa shape index (κ2) is 7.54. The Hall–Kier alpha value is -3.67. The Morgan fingerprint density at radius 2 is 1.84 bits per heavy atom. The topological polar surface area (TPSA) is 64.7 Å². The van der Waals surface area contributed by atoms with E-state index in [-0.39, 0.29) is 17.4 Å². The van der Waals surface area contributed by atoms with Gasteiger partial charge in [0.1, 0.15) is 0 Å². The van der Waals surface area contributed by atoms with Crippen LogP contribution in [0, 0.1) is 5.41 Å². The lowest BCUT2D eigenvalue weighted by Crippen LogP contribution is -2.36. The number of amides is 1. The first-order valence-corrected chi connectivity index (χ1v) is 10.5. The number of hydrogen-bond donors (Lipinski definition) is 1. The summed E-state index contributed by atoms with van der Waals surface area (Å²) in [6, 6.07) is 17.7. The van der Waals surface area contributed by atoms with Crippen LogP contribution < -0.4 is 5.32 Å². The van der Waals surface area contributed by atoms with Gasteiger partial charge in [-0.15, -0.1) is 0 Å². The highest BCUT2D eigenvalue weighted by molar-refractivity contribution is 5.94. The maximum atomic E-state index is 13.1. The fourth-order valence-corrected chi connectivity index (χ4v) is 4.40. The zero-order valence-corrected chi connectivity index (χ0v) is 17.7. The molecule has 0 spiro atoms. The number of nitrogens with zero attached hydrogens (tertiary/aromatic N) is 4. The van der Waals surface area contributed by atoms with Crippen LogP contribution in [0.2, 0.25) is 0 Å². The Labute approximate surface area is 181 Å². The van der Waals surface area contributed by atoms with Crippen LogP contribution in [0.5, 0.6) is 0 Å². The Bertz CT molecular complexity index is 1190. The van der Waals surface area contributed by atoms with Crippen molar-refractivity contribution in [2.45, 2.75) is 32.7 Å². The van der Waals surface area contributed by atoms with Crippen molar-refractivity contribution in [1.29, 1.82) is 0 Å². The molecule has 2 aromatic heterocycles. The minimum atomic E-state index is -0.0722. The van der Waals surface area contributed by atoms with Gasteiger partial charge in [0.05, 0.1) is 29.9 Å². The highest BCUT2D eigenvalue weighted by atomic mass is 16.1. The summed E-state index contributed by atoms with van der Waals surface area (Å²) in [6.45, 7) is 4.49. The number of nitrogens with one attached hydrogen (secondary N) is 1. The van der Waals surface area contributed by atoms with Crippen molar-refractivity contribution in [3.63, 3.8) is 0 Å². The molecule has 5 rings (SSSR count). The Morgan fingerprint density at radius 1 is 1.06 bits per heavy atom. The average Bonchev–Trinajstić information content (AvgIpc) is 3.44. The lowest BCUT2D eigenvalue weighted by molar-refractivity contribution is 0.0919. The van der Waals surface area contributed by atoms with E-state index >= 15 is 0 Å². The van der Waals surface area contributed by atoms with Crippen LogP contribution in [-0.4, -0.2) is 25.2 Å². The van der Waals surface area contributed by atoms with E-state index in [0.717, 1.165) is 29.8 Å². The number of hydrogen-bond acceptors (Lipinski definition) is 3. The summed E-state index contributed by atoms with van der Waals surface area (Å²) in [5, 5.41) is 7.92. The van der Waals surface area contributed by atoms with Crippen molar-refractivity contribution in [3.05, 3.63) is 96.3 Å². The summed E-state index contributed by atoms with van der Waals surface area (Å²) in [5.74, 6) is -0.0710. The van der Waals surface area contributed by atoms with Gasteiger partial charge < -0.3 is 9.88 Å². The van der Waals surface area contributed by atoms with E-state index in [4.69, 9.17) is 0 Å². The number of para-hydroxylation sites is 1. The highest BCUT2D eigenvalue weighted by Gasteiger charge is 2.36. The van der Waals surface area contributed by atoms with E-state index in [1.165, 1.54) is 5.69 Å². The number of rotatable bonds is 4. The monoisotopic (exact) mass is 411 g/mol. The largest absolute Gasteiger partial charge is 0.345 e. The molecular weight excluding hydrogens is 386 g/mol. The van der Waals surface area contributed by atoms with Gasteiger partial charge in [0, 0.05) is 29.2 Å². The third-order valence-corrected chi connectivity index (χ3v) is 5.92. The second-order valence-corrected chi connectivity index (χ2v) is 8.88. The molecule has 0 aliphatic heterocycles. The molecule has 1 aliphatic rings. The van der Waals surface area contributed by atoms with Gasteiger partial charge in [-0.2, -0.15) is 5.10 Å². The van der Waals surface area contributed by atoms with E-state index < -0.39 is 0 Å². The van der Waals surface area contributed by atoms with Crippen LogP contribution in [0.25, 0.3) is 11.4 Å². The van der Waals surface area contributed by atoms with E-state index in [0.29, 0.717) is 5.56 Å². The van der Waals surface area contributed by atoms with Crippen LogP contribution in [-0.2, 0) is 6.42 Å². The van der Waals surface area contributed by atoms with Crippen molar-refractivity contribution >= 4 is 5.91 Å². The number of fused-ring (bicyclic) bond motifs is 1. The molecule has 0 fully saturated rings.